The van der Waals surface area contributed by atoms with Crippen LogP contribution in [0.25, 0.3) is 6.08 Å². The Morgan fingerprint density at radius 2 is 1.59 bits per heavy atom. The van der Waals surface area contributed by atoms with Crippen LogP contribution in [0.15, 0.2) is 35.7 Å². The molecule has 3 aliphatic rings. The minimum Gasteiger partial charge on any atom is -0.338 e. The van der Waals surface area contributed by atoms with Gasteiger partial charge in [0.05, 0.1) is 0 Å². The average molecular weight is 418 g/mol. The van der Waals surface area contributed by atoms with Gasteiger partial charge >= 0.3 is 0 Å². The Morgan fingerprint density at radius 1 is 0.897 bits per heavy atom. The molecule has 1 atom stereocenters. The first-order valence-corrected chi connectivity index (χ1v) is 11.8. The number of piperazine rings is 1. The summed E-state index contributed by atoms with van der Waals surface area (Å²) in [6, 6.07) is 8.92. The number of likely N-dealkylation sites (tertiary alicyclic amines) is 1. The largest absolute Gasteiger partial charge is 0.338 e. The van der Waals surface area contributed by atoms with Gasteiger partial charge in [-0.15, -0.1) is 0 Å². The molecule has 7 nitrogen and oxygen atoms in total. The molecule has 2 heterocycles. The zero-order valence-electron chi connectivity index (χ0n) is 16.4. The number of benzene rings is 1. The van der Waals surface area contributed by atoms with Crippen LogP contribution in [-0.2, 0) is 19.6 Å². The second-order valence-electron chi connectivity index (χ2n) is 7.95. The van der Waals surface area contributed by atoms with E-state index < -0.39 is 10.0 Å². The molecule has 2 amide bonds. The number of nitrogens with zero attached hydrogens (tertiary/aromatic N) is 3. The van der Waals surface area contributed by atoms with Gasteiger partial charge in [0.25, 0.3) is 0 Å². The van der Waals surface area contributed by atoms with E-state index in [1.807, 2.05) is 30.3 Å². The van der Waals surface area contributed by atoms with Crippen molar-refractivity contribution in [3.63, 3.8) is 0 Å². The molecule has 2 saturated heterocycles. The van der Waals surface area contributed by atoms with E-state index in [-0.39, 0.29) is 36.9 Å². The maximum absolute atomic E-state index is 13.0. The Hall–Kier alpha value is -2.19. The number of sulfonamides is 1. The van der Waals surface area contributed by atoms with E-state index in [1.54, 1.807) is 15.9 Å². The molecule has 4 rings (SSSR count). The first-order valence-electron chi connectivity index (χ1n) is 10.3. The Kier molecular flexibility index (Phi) is 5.74. The van der Waals surface area contributed by atoms with Crippen LogP contribution >= 0.6 is 0 Å². The fourth-order valence-electron chi connectivity index (χ4n) is 4.04. The molecule has 1 aliphatic carbocycles. The normalized spacial score (nSPS) is 23.7. The second kappa shape index (κ2) is 8.28. The SMILES string of the molecule is O=C(C1CCCN1C(=O)C1CC1)N1CCN(S(=O)(=O)/C=C/c2ccccc2)CC1. The van der Waals surface area contributed by atoms with Crippen LogP contribution in [0.1, 0.15) is 31.2 Å². The van der Waals surface area contributed by atoms with E-state index in [4.69, 9.17) is 0 Å². The van der Waals surface area contributed by atoms with Crippen LogP contribution in [0.2, 0.25) is 0 Å². The number of amides is 2. The van der Waals surface area contributed by atoms with Gasteiger partial charge in [0, 0.05) is 44.0 Å². The molecule has 1 unspecified atom stereocenters. The van der Waals surface area contributed by atoms with Gasteiger partial charge in [-0.05, 0) is 37.3 Å². The lowest BCUT2D eigenvalue weighted by Gasteiger charge is -2.36. The van der Waals surface area contributed by atoms with Crippen molar-refractivity contribution in [2.24, 2.45) is 5.92 Å². The highest BCUT2D eigenvalue weighted by Crippen LogP contribution is 2.34. The second-order valence-corrected chi connectivity index (χ2v) is 9.77. The molecule has 3 fully saturated rings. The quantitative estimate of drug-likeness (QED) is 0.728. The number of rotatable bonds is 5. The summed E-state index contributed by atoms with van der Waals surface area (Å²) in [4.78, 5) is 28.9. The Bertz CT molecular complexity index is 888. The molecule has 0 bridgehead atoms. The summed E-state index contributed by atoms with van der Waals surface area (Å²) < 4.78 is 26.6. The predicted molar refractivity (Wildman–Crippen MR) is 110 cm³/mol. The zero-order chi connectivity index (χ0) is 20.4. The molecule has 1 aromatic carbocycles. The van der Waals surface area contributed by atoms with Crippen LogP contribution in [0.5, 0.6) is 0 Å². The van der Waals surface area contributed by atoms with Crippen molar-refractivity contribution in [3.05, 3.63) is 41.3 Å². The van der Waals surface area contributed by atoms with Gasteiger partial charge in [-0.2, -0.15) is 4.31 Å². The molecule has 0 aromatic heterocycles. The highest BCUT2D eigenvalue weighted by Gasteiger charge is 2.42. The van der Waals surface area contributed by atoms with Gasteiger partial charge in [0.2, 0.25) is 21.8 Å². The summed E-state index contributed by atoms with van der Waals surface area (Å²) in [5, 5.41) is 1.23. The number of hydrogen-bond acceptors (Lipinski definition) is 4. The van der Waals surface area contributed by atoms with E-state index in [9.17, 15) is 18.0 Å². The maximum atomic E-state index is 13.0. The van der Waals surface area contributed by atoms with Crippen molar-refractivity contribution in [1.82, 2.24) is 14.1 Å². The maximum Gasteiger partial charge on any atom is 0.245 e. The average Bonchev–Trinajstić information content (AvgIpc) is 3.48. The Labute approximate surface area is 172 Å². The summed E-state index contributed by atoms with van der Waals surface area (Å²) in [6.45, 7) is 1.93. The van der Waals surface area contributed by atoms with Gasteiger partial charge < -0.3 is 9.80 Å². The van der Waals surface area contributed by atoms with Crippen molar-refractivity contribution in [2.75, 3.05) is 32.7 Å². The number of carbonyl (C=O) groups excluding carboxylic acids is 2. The Morgan fingerprint density at radius 3 is 2.24 bits per heavy atom. The van der Waals surface area contributed by atoms with Crippen LogP contribution < -0.4 is 0 Å². The fourth-order valence-corrected chi connectivity index (χ4v) is 5.21. The first kappa shape index (κ1) is 20.1. The minimum absolute atomic E-state index is 0.0339. The summed E-state index contributed by atoms with van der Waals surface area (Å²) in [5.41, 5.74) is 0.826. The first-order chi connectivity index (χ1) is 14.0. The predicted octanol–water partition coefficient (Wildman–Crippen LogP) is 1.53. The van der Waals surface area contributed by atoms with Gasteiger partial charge in [0.15, 0.2) is 0 Å². The van der Waals surface area contributed by atoms with E-state index in [0.717, 1.165) is 24.8 Å². The highest BCUT2D eigenvalue weighted by molar-refractivity contribution is 7.92. The van der Waals surface area contributed by atoms with Crippen molar-refractivity contribution < 1.29 is 18.0 Å². The van der Waals surface area contributed by atoms with Crippen LogP contribution in [0, 0.1) is 5.92 Å². The van der Waals surface area contributed by atoms with E-state index >= 15 is 0 Å². The Balaban J connectivity index is 1.34. The number of carbonyl (C=O) groups is 2. The minimum atomic E-state index is -3.53. The molecule has 0 radical (unpaired) electrons. The smallest absolute Gasteiger partial charge is 0.245 e. The summed E-state index contributed by atoms with van der Waals surface area (Å²) >= 11 is 0. The number of hydrogen-bond donors (Lipinski definition) is 0. The fraction of sp³-hybridized carbons (Fsp3) is 0.524. The van der Waals surface area contributed by atoms with Crippen molar-refractivity contribution in [2.45, 2.75) is 31.7 Å². The van der Waals surface area contributed by atoms with E-state index in [2.05, 4.69) is 0 Å². The van der Waals surface area contributed by atoms with E-state index in [0.29, 0.717) is 26.1 Å². The molecular weight excluding hydrogens is 390 g/mol. The molecule has 0 N–H and O–H groups in total. The molecule has 8 heteroatoms. The van der Waals surface area contributed by atoms with Crippen LogP contribution in [0.4, 0.5) is 0 Å². The lowest BCUT2D eigenvalue weighted by Crippen LogP contribution is -2.55. The molecule has 29 heavy (non-hydrogen) atoms. The highest BCUT2D eigenvalue weighted by atomic mass is 32.2. The summed E-state index contributed by atoms with van der Waals surface area (Å²) in [7, 11) is -3.53. The van der Waals surface area contributed by atoms with Gasteiger partial charge in [-0.1, -0.05) is 30.3 Å². The molecule has 1 saturated carbocycles. The molecule has 1 aromatic rings. The molecule has 2 aliphatic heterocycles. The van der Waals surface area contributed by atoms with Gasteiger partial charge in [0.1, 0.15) is 6.04 Å². The third-order valence-electron chi connectivity index (χ3n) is 5.89. The van der Waals surface area contributed by atoms with Crippen molar-refractivity contribution >= 4 is 27.9 Å². The molecule has 0 spiro atoms. The van der Waals surface area contributed by atoms with E-state index in [1.165, 1.54) is 9.71 Å². The zero-order valence-corrected chi connectivity index (χ0v) is 17.3. The lowest BCUT2D eigenvalue weighted by molar-refractivity contribution is -0.145. The standard InChI is InChI=1S/C21H27N3O4S/c25-20(18-8-9-18)24-11-4-7-19(24)21(26)22-12-14-23(15-13-22)29(27,28)16-10-17-5-2-1-3-6-17/h1-3,5-6,10,16,18-19H,4,7-9,11-15H2/b16-10+. The lowest BCUT2D eigenvalue weighted by atomic mass is 10.1. The monoisotopic (exact) mass is 417 g/mol. The van der Waals surface area contributed by atoms with Crippen molar-refractivity contribution in [3.8, 4) is 0 Å². The van der Waals surface area contributed by atoms with Gasteiger partial charge in [-0.3, -0.25) is 9.59 Å². The summed E-state index contributed by atoms with van der Waals surface area (Å²) in [6.07, 6.45) is 5.02. The summed E-state index contributed by atoms with van der Waals surface area (Å²) in [5.74, 6) is 0.197. The van der Waals surface area contributed by atoms with Crippen LogP contribution in [-0.4, -0.2) is 73.1 Å². The third kappa shape index (κ3) is 4.53. The molecular formula is C21H27N3O4S. The third-order valence-corrected chi connectivity index (χ3v) is 7.45. The van der Waals surface area contributed by atoms with Gasteiger partial charge in [-0.25, -0.2) is 8.42 Å². The topological polar surface area (TPSA) is 78.0 Å². The van der Waals surface area contributed by atoms with Crippen molar-refractivity contribution in [1.29, 1.82) is 0 Å². The van der Waals surface area contributed by atoms with Crippen LogP contribution in [0.3, 0.4) is 0 Å². The molecule has 156 valence electrons.